The summed E-state index contributed by atoms with van der Waals surface area (Å²) in [5.74, 6) is -0.320. The fourth-order valence-corrected chi connectivity index (χ4v) is 4.10. The molecule has 0 spiro atoms. The van der Waals surface area contributed by atoms with Gasteiger partial charge in [-0.2, -0.15) is 0 Å². The Balaban J connectivity index is 2.22. The third-order valence-electron chi connectivity index (χ3n) is 5.52. The van der Waals surface area contributed by atoms with Crippen molar-refractivity contribution in [3.05, 3.63) is 58.1 Å². The van der Waals surface area contributed by atoms with Crippen molar-refractivity contribution >= 4 is 29.1 Å². The van der Waals surface area contributed by atoms with Crippen LogP contribution in [-0.4, -0.2) is 49.1 Å². The Morgan fingerprint density at radius 1 is 1.06 bits per heavy atom. The standard InChI is InChI=1S/C25H28ClNO6/c1-5-7-12-27-22(15-8-11-19(31-3)20(13-15)32-4)21(24(29)25(27)30)23(28)17-14-16(33-6-2)9-10-18(17)26/h8-11,13-14,22,28H,5-7,12H2,1-4H3/b23-21+. The highest BCUT2D eigenvalue weighted by atomic mass is 35.5. The van der Waals surface area contributed by atoms with Gasteiger partial charge in [0.25, 0.3) is 11.7 Å². The number of carbonyl (C=O) groups excluding carboxylic acids is 2. The van der Waals surface area contributed by atoms with Crippen molar-refractivity contribution in [2.45, 2.75) is 32.7 Å². The van der Waals surface area contributed by atoms with Crippen LogP contribution in [-0.2, 0) is 9.59 Å². The molecule has 1 heterocycles. The van der Waals surface area contributed by atoms with Crippen molar-refractivity contribution in [3.8, 4) is 17.2 Å². The van der Waals surface area contributed by atoms with Crippen molar-refractivity contribution in [2.75, 3.05) is 27.4 Å². The molecule has 0 radical (unpaired) electrons. The number of benzene rings is 2. The molecular weight excluding hydrogens is 446 g/mol. The molecule has 1 fully saturated rings. The van der Waals surface area contributed by atoms with Crippen LogP contribution in [0.5, 0.6) is 17.2 Å². The molecule has 2 aromatic carbocycles. The zero-order valence-corrected chi connectivity index (χ0v) is 19.9. The van der Waals surface area contributed by atoms with Gasteiger partial charge in [0.15, 0.2) is 11.5 Å². The van der Waals surface area contributed by atoms with Gasteiger partial charge in [0.2, 0.25) is 0 Å². The summed E-state index contributed by atoms with van der Waals surface area (Å²) in [6.45, 7) is 4.63. The monoisotopic (exact) mass is 473 g/mol. The van der Waals surface area contributed by atoms with E-state index in [9.17, 15) is 14.7 Å². The van der Waals surface area contributed by atoms with Gasteiger partial charge in [0, 0.05) is 12.1 Å². The first-order chi connectivity index (χ1) is 15.9. The lowest BCUT2D eigenvalue weighted by molar-refractivity contribution is -0.139. The van der Waals surface area contributed by atoms with Gasteiger partial charge >= 0.3 is 0 Å². The molecule has 1 saturated heterocycles. The Kier molecular flexibility index (Phi) is 7.87. The highest BCUT2D eigenvalue weighted by Gasteiger charge is 2.46. The number of halogens is 1. The fraction of sp³-hybridized carbons (Fsp3) is 0.360. The molecule has 33 heavy (non-hydrogen) atoms. The van der Waals surface area contributed by atoms with Crippen LogP contribution in [0.2, 0.25) is 5.02 Å². The van der Waals surface area contributed by atoms with Gasteiger partial charge in [-0.05, 0) is 49.2 Å². The summed E-state index contributed by atoms with van der Waals surface area (Å²) in [7, 11) is 3.03. The van der Waals surface area contributed by atoms with E-state index >= 15 is 0 Å². The van der Waals surface area contributed by atoms with Crippen LogP contribution in [0.4, 0.5) is 0 Å². The smallest absolute Gasteiger partial charge is 0.295 e. The third kappa shape index (κ3) is 4.78. The molecule has 7 nitrogen and oxygen atoms in total. The first-order valence-electron chi connectivity index (χ1n) is 10.8. The normalized spacial score (nSPS) is 17.4. The number of hydrogen-bond acceptors (Lipinski definition) is 6. The zero-order valence-electron chi connectivity index (χ0n) is 19.2. The SMILES string of the molecule is CCCCN1C(=O)C(=O)/C(=C(/O)c2cc(OCC)ccc2Cl)C1c1ccc(OC)c(OC)c1. The minimum Gasteiger partial charge on any atom is -0.507 e. The van der Waals surface area contributed by atoms with Crippen molar-refractivity contribution in [1.29, 1.82) is 0 Å². The van der Waals surface area contributed by atoms with Gasteiger partial charge < -0.3 is 24.2 Å². The molecule has 1 unspecified atom stereocenters. The summed E-state index contributed by atoms with van der Waals surface area (Å²) in [5.41, 5.74) is 0.807. The van der Waals surface area contributed by atoms with E-state index in [1.807, 2.05) is 13.8 Å². The van der Waals surface area contributed by atoms with Gasteiger partial charge in [-0.1, -0.05) is 31.0 Å². The van der Waals surface area contributed by atoms with E-state index in [-0.39, 0.29) is 21.9 Å². The van der Waals surface area contributed by atoms with Crippen LogP contribution in [0, 0.1) is 0 Å². The van der Waals surface area contributed by atoms with Gasteiger partial charge in [0.05, 0.1) is 37.5 Å². The van der Waals surface area contributed by atoms with Gasteiger partial charge in [-0.15, -0.1) is 0 Å². The number of carbonyl (C=O) groups is 2. The molecule has 0 aromatic heterocycles. The summed E-state index contributed by atoms with van der Waals surface area (Å²) in [5, 5.41) is 11.5. The summed E-state index contributed by atoms with van der Waals surface area (Å²) in [6.07, 6.45) is 1.54. The lowest BCUT2D eigenvalue weighted by atomic mass is 9.94. The number of ether oxygens (including phenoxy) is 3. The molecule has 1 amide bonds. The van der Waals surface area contributed by atoms with Gasteiger partial charge in [-0.25, -0.2) is 0 Å². The minimum absolute atomic E-state index is 0.0288. The van der Waals surface area contributed by atoms with Crippen molar-refractivity contribution < 1.29 is 28.9 Å². The first-order valence-corrected chi connectivity index (χ1v) is 11.2. The quantitative estimate of drug-likeness (QED) is 0.314. The first kappa shape index (κ1) is 24.5. The number of aliphatic hydroxyl groups is 1. The van der Waals surface area contributed by atoms with Crippen LogP contribution >= 0.6 is 11.6 Å². The van der Waals surface area contributed by atoms with Crippen molar-refractivity contribution in [2.24, 2.45) is 0 Å². The van der Waals surface area contributed by atoms with Crippen molar-refractivity contribution in [1.82, 2.24) is 4.90 Å². The third-order valence-corrected chi connectivity index (χ3v) is 5.85. The largest absolute Gasteiger partial charge is 0.507 e. The van der Waals surface area contributed by atoms with E-state index in [4.69, 9.17) is 25.8 Å². The molecule has 2 aromatic rings. The number of unbranched alkanes of at least 4 members (excludes halogenated alkanes) is 1. The second-order valence-electron chi connectivity index (χ2n) is 7.54. The molecule has 1 aliphatic heterocycles. The maximum absolute atomic E-state index is 13.1. The lowest BCUT2D eigenvalue weighted by Gasteiger charge is -2.26. The minimum atomic E-state index is -0.803. The fourth-order valence-electron chi connectivity index (χ4n) is 3.90. The number of aliphatic hydroxyl groups excluding tert-OH is 1. The van der Waals surface area contributed by atoms with E-state index in [1.54, 1.807) is 36.4 Å². The Morgan fingerprint density at radius 3 is 2.42 bits per heavy atom. The van der Waals surface area contributed by atoms with Crippen LogP contribution in [0.1, 0.15) is 43.9 Å². The Labute approximate surface area is 198 Å². The van der Waals surface area contributed by atoms with Gasteiger partial charge in [0.1, 0.15) is 11.5 Å². The Morgan fingerprint density at radius 2 is 1.79 bits per heavy atom. The molecule has 1 aliphatic rings. The molecule has 0 saturated carbocycles. The predicted octanol–water partition coefficient (Wildman–Crippen LogP) is 4.98. The molecular formula is C25H28ClNO6. The number of likely N-dealkylation sites (tertiary alicyclic amines) is 1. The van der Waals surface area contributed by atoms with Crippen molar-refractivity contribution in [3.63, 3.8) is 0 Å². The summed E-state index contributed by atoms with van der Waals surface area (Å²) in [6, 6.07) is 9.18. The number of Topliss-reactive ketones (excluding diaryl/α,β-unsaturated/α-hetero) is 1. The topological polar surface area (TPSA) is 85.3 Å². The van der Waals surface area contributed by atoms with Crippen LogP contribution in [0.3, 0.4) is 0 Å². The van der Waals surface area contributed by atoms with E-state index < -0.39 is 17.7 Å². The summed E-state index contributed by atoms with van der Waals surface area (Å²) >= 11 is 6.36. The predicted molar refractivity (Wildman–Crippen MR) is 126 cm³/mol. The van der Waals surface area contributed by atoms with Crippen LogP contribution in [0.25, 0.3) is 5.76 Å². The molecule has 1 N–H and O–H groups in total. The number of methoxy groups -OCH3 is 2. The number of nitrogens with zero attached hydrogens (tertiary/aromatic N) is 1. The van der Waals surface area contributed by atoms with Gasteiger partial charge in [-0.3, -0.25) is 9.59 Å². The highest BCUT2D eigenvalue weighted by Crippen LogP contribution is 2.43. The molecule has 0 bridgehead atoms. The zero-order chi connectivity index (χ0) is 24.1. The molecule has 176 valence electrons. The number of rotatable bonds is 9. The lowest BCUT2D eigenvalue weighted by Crippen LogP contribution is -2.30. The maximum atomic E-state index is 13.1. The molecule has 3 rings (SSSR count). The second kappa shape index (κ2) is 10.6. The summed E-state index contributed by atoms with van der Waals surface area (Å²) < 4.78 is 16.3. The van der Waals surface area contributed by atoms with E-state index in [0.717, 1.165) is 6.42 Å². The number of hydrogen-bond donors (Lipinski definition) is 1. The summed E-state index contributed by atoms with van der Waals surface area (Å²) in [4.78, 5) is 27.6. The van der Waals surface area contributed by atoms with E-state index in [0.29, 0.717) is 42.4 Å². The molecule has 0 aliphatic carbocycles. The average Bonchev–Trinajstić information content (AvgIpc) is 3.07. The molecule has 1 atom stereocenters. The average molecular weight is 474 g/mol. The van der Waals surface area contributed by atoms with E-state index in [1.165, 1.54) is 19.1 Å². The molecule has 8 heteroatoms. The number of ketones is 1. The highest BCUT2D eigenvalue weighted by molar-refractivity contribution is 6.47. The Bertz CT molecular complexity index is 1080. The van der Waals surface area contributed by atoms with Crippen LogP contribution in [0.15, 0.2) is 42.0 Å². The number of amides is 1. The Hall–Kier alpha value is -3.19. The van der Waals surface area contributed by atoms with E-state index in [2.05, 4.69) is 0 Å². The second-order valence-corrected chi connectivity index (χ2v) is 7.94. The van der Waals surface area contributed by atoms with Crippen LogP contribution < -0.4 is 14.2 Å². The maximum Gasteiger partial charge on any atom is 0.295 e.